The van der Waals surface area contributed by atoms with E-state index in [9.17, 15) is 4.79 Å². The lowest BCUT2D eigenvalue weighted by atomic mass is 10.1. The van der Waals surface area contributed by atoms with E-state index in [1.54, 1.807) is 6.20 Å². The van der Waals surface area contributed by atoms with Crippen molar-refractivity contribution in [2.45, 2.75) is 19.3 Å². The van der Waals surface area contributed by atoms with E-state index in [-0.39, 0.29) is 5.91 Å². The fourth-order valence-electron chi connectivity index (χ4n) is 2.25. The molecule has 1 aliphatic rings. The maximum atomic E-state index is 12.2. The SMILES string of the molecule is O=C(Nc1ncc(Cc2ccc(Cl)cc2)s1)C1=NCCCCN1. The average molecular weight is 349 g/mol. The molecule has 1 aromatic carbocycles. The molecule has 1 aliphatic heterocycles. The number of halogens is 1. The molecule has 2 heterocycles. The zero-order valence-corrected chi connectivity index (χ0v) is 14.1. The predicted octanol–water partition coefficient (Wildman–Crippen LogP) is 3.11. The highest BCUT2D eigenvalue weighted by molar-refractivity contribution is 7.15. The van der Waals surface area contributed by atoms with Crippen molar-refractivity contribution in [3.05, 3.63) is 45.9 Å². The number of amides is 1. The number of carbonyl (C=O) groups is 1. The number of benzene rings is 1. The van der Waals surface area contributed by atoms with Gasteiger partial charge in [-0.1, -0.05) is 23.7 Å². The van der Waals surface area contributed by atoms with Crippen molar-refractivity contribution in [3.8, 4) is 0 Å². The second kappa shape index (κ2) is 7.57. The zero-order valence-electron chi connectivity index (χ0n) is 12.5. The molecule has 0 bridgehead atoms. The van der Waals surface area contributed by atoms with E-state index < -0.39 is 0 Å². The first kappa shape index (κ1) is 16.0. The van der Waals surface area contributed by atoms with Gasteiger partial charge in [-0.15, -0.1) is 11.3 Å². The Balaban J connectivity index is 1.61. The van der Waals surface area contributed by atoms with Gasteiger partial charge in [-0.3, -0.25) is 15.1 Å². The molecular formula is C16H17ClN4OS. The summed E-state index contributed by atoms with van der Waals surface area (Å²) in [5.74, 6) is 0.177. The third-order valence-electron chi connectivity index (χ3n) is 3.43. The first-order valence-electron chi connectivity index (χ1n) is 7.49. The number of hydrogen-bond acceptors (Lipinski definition) is 5. The Morgan fingerprint density at radius 1 is 1.30 bits per heavy atom. The standard InChI is InChI=1S/C16H17ClN4OS/c17-12-5-3-11(4-6-12)9-13-10-20-16(23-13)21-15(22)14-18-7-1-2-8-19-14/h3-6,10H,1-2,7-9H2,(H,18,19)(H,20,21,22). The van der Waals surface area contributed by atoms with E-state index >= 15 is 0 Å². The Morgan fingerprint density at radius 3 is 2.96 bits per heavy atom. The maximum Gasteiger partial charge on any atom is 0.292 e. The van der Waals surface area contributed by atoms with Crippen LogP contribution in [-0.4, -0.2) is 29.8 Å². The summed E-state index contributed by atoms with van der Waals surface area (Å²) in [6.07, 6.45) is 4.59. The lowest BCUT2D eigenvalue weighted by Crippen LogP contribution is -2.35. The number of nitrogens with one attached hydrogen (secondary N) is 2. The smallest absolute Gasteiger partial charge is 0.292 e. The van der Waals surface area contributed by atoms with Crippen LogP contribution in [0.15, 0.2) is 35.5 Å². The van der Waals surface area contributed by atoms with Crippen LogP contribution in [0.5, 0.6) is 0 Å². The van der Waals surface area contributed by atoms with Gasteiger partial charge >= 0.3 is 0 Å². The quantitative estimate of drug-likeness (QED) is 0.892. The summed E-state index contributed by atoms with van der Waals surface area (Å²) < 4.78 is 0. The second-order valence-corrected chi connectivity index (χ2v) is 6.80. The number of carbonyl (C=O) groups excluding carboxylic acids is 1. The highest BCUT2D eigenvalue weighted by Crippen LogP contribution is 2.22. The van der Waals surface area contributed by atoms with Gasteiger partial charge in [0.25, 0.3) is 5.91 Å². The number of aliphatic imine (C=N–C) groups is 1. The topological polar surface area (TPSA) is 66.4 Å². The zero-order chi connectivity index (χ0) is 16.1. The molecule has 120 valence electrons. The van der Waals surface area contributed by atoms with Crippen LogP contribution in [0.2, 0.25) is 5.02 Å². The first-order chi connectivity index (χ1) is 11.2. The third kappa shape index (κ3) is 4.53. The molecule has 7 heteroatoms. The van der Waals surface area contributed by atoms with E-state index in [4.69, 9.17) is 11.6 Å². The number of thiazole rings is 1. The lowest BCUT2D eigenvalue weighted by Gasteiger charge is -2.05. The largest absolute Gasteiger partial charge is 0.366 e. The predicted molar refractivity (Wildman–Crippen MR) is 94.5 cm³/mol. The van der Waals surface area contributed by atoms with Crippen molar-refractivity contribution in [3.63, 3.8) is 0 Å². The monoisotopic (exact) mass is 348 g/mol. The molecule has 0 fully saturated rings. The lowest BCUT2D eigenvalue weighted by molar-refractivity contribution is -0.110. The van der Waals surface area contributed by atoms with Crippen LogP contribution >= 0.6 is 22.9 Å². The van der Waals surface area contributed by atoms with Gasteiger partial charge in [0, 0.05) is 35.6 Å². The van der Waals surface area contributed by atoms with Crippen LogP contribution in [0.1, 0.15) is 23.3 Å². The van der Waals surface area contributed by atoms with Crippen LogP contribution in [-0.2, 0) is 11.2 Å². The molecule has 0 aliphatic carbocycles. The van der Waals surface area contributed by atoms with Gasteiger partial charge in [-0.25, -0.2) is 4.98 Å². The minimum atomic E-state index is -0.223. The Morgan fingerprint density at radius 2 is 2.13 bits per heavy atom. The average Bonchev–Trinajstić information content (AvgIpc) is 2.81. The number of hydrogen-bond donors (Lipinski definition) is 2. The molecule has 2 N–H and O–H groups in total. The number of aromatic nitrogens is 1. The molecule has 1 aromatic heterocycles. The highest BCUT2D eigenvalue weighted by Gasteiger charge is 2.14. The summed E-state index contributed by atoms with van der Waals surface area (Å²) in [7, 11) is 0. The van der Waals surface area contributed by atoms with E-state index in [2.05, 4.69) is 20.6 Å². The Labute approximate surface area is 143 Å². The van der Waals surface area contributed by atoms with E-state index in [0.29, 0.717) is 17.5 Å². The molecule has 0 saturated carbocycles. The summed E-state index contributed by atoms with van der Waals surface area (Å²) in [6, 6.07) is 7.72. The molecule has 0 unspecified atom stereocenters. The van der Waals surface area contributed by atoms with Crippen molar-refractivity contribution in [2.24, 2.45) is 4.99 Å². The second-order valence-electron chi connectivity index (χ2n) is 5.25. The Bertz CT molecular complexity index is 711. The summed E-state index contributed by atoms with van der Waals surface area (Å²) >= 11 is 7.36. The van der Waals surface area contributed by atoms with Crippen molar-refractivity contribution in [1.29, 1.82) is 0 Å². The summed E-state index contributed by atoms with van der Waals surface area (Å²) in [5, 5.41) is 7.18. The van der Waals surface area contributed by atoms with Gasteiger partial charge in [-0.2, -0.15) is 0 Å². The summed E-state index contributed by atoms with van der Waals surface area (Å²) in [6.45, 7) is 1.47. The van der Waals surface area contributed by atoms with Crippen LogP contribution < -0.4 is 10.6 Å². The number of amidine groups is 1. The summed E-state index contributed by atoms with van der Waals surface area (Å²) in [5.41, 5.74) is 1.16. The summed E-state index contributed by atoms with van der Waals surface area (Å²) in [4.78, 5) is 21.8. The molecule has 0 spiro atoms. The van der Waals surface area contributed by atoms with Gasteiger partial charge in [0.05, 0.1) is 0 Å². The normalized spacial score (nSPS) is 14.6. The van der Waals surface area contributed by atoms with Crippen molar-refractivity contribution in [2.75, 3.05) is 18.4 Å². The van der Waals surface area contributed by atoms with Crippen molar-refractivity contribution in [1.82, 2.24) is 10.3 Å². The van der Waals surface area contributed by atoms with Crippen LogP contribution in [0, 0.1) is 0 Å². The van der Waals surface area contributed by atoms with Crippen LogP contribution in [0.4, 0.5) is 5.13 Å². The highest BCUT2D eigenvalue weighted by atomic mass is 35.5. The minimum Gasteiger partial charge on any atom is -0.366 e. The number of rotatable bonds is 4. The first-order valence-corrected chi connectivity index (χ1v) is 8.69. The molecule has 23 heavy (non-hydrogen) atoms. The Kier molecular flexibility index (Phi) is 5.25. The number of anilines is 1. The van der Waals surface area contributed by atoms with E-state index in [0.717, 1.165) is 41.3 Å². The van der Waals surface area contributed by atoms with Gasteiger partial charge in [-0.05, 0) is 30.5 Å². The van der Waals surface area contributed by atoms with Crippen LogP contribution in [0.25, 0.3) is 0 Å². The van der Waals surface area contributed by atoms with Crippen molar-refractivity contribution < 1.29 is 4.79 Å². The van der Waals surface area contributed by atoms with E-state index in [1.807, 2.05) is 24.3 Å². The Hall–Kier alpha value is -1.92. The van der Waals surface area contributed by atoms with Gasteiger partial charge in [0.15, 0.2) is 11.0 Å². The van der Waals surface area contributed by atoms with Crippen LogP contribution in [0.3, 0.4) is 0 Å². The fraction of sp³-hybridized carbons (Fsp3) is 0.312. The molecular weight excluding hydrogens is 332 g/mol. The molecule has 2 aromatic rings. The maximum absolute atomic E-state index is 12.2. The molecule has 0 radical (unpaired) electrons. The number of nitrogens with zero attached hydrogens (tertiary/aromatic N) is 2. The van der Waals surface area contributed by atoms with Gasteiger partial charge < -0.3 is 5.32 Å². The van der Waals surface area contributed by atoms with Crippen molar-refractivity contribution >= 4 is 39.8 Å². The molecule has 0 atom stereocenters. The molecule has 1 amide bonds. The molecule has 5 nitrogen and oxygen atoms in total. The van der Waals surface area contributed by atoms with Gasteiger partial charge in [0.1, 0.15) is 0 Å². The van der Waals surface area contributed by atoms with Gasteiger partial charge in [0.2, 0.25) is 0 Å². The van der Waals surface area contributed by atoms with E-state index in [1.165, 1.54) is 11.3 Å². The third-order valence-corrected chi connectivity index (χ3v) is 4.59. The molecule has 3 rings (SSSR count). The molecule has 0 saturated heterocycles. The minimum absolute atomic E-state index is 0.223. The fourth-order valence-corrected chi connectivity index (χ4v) is 3.22.